The molecular weight excluding hydrogens is 320 g/mol. The largest absolute Gasteiger partial charge is 0.496 e. The molecule has 1 heterocycles. The number of pyridine rings is 1. The van der Waals surface area contributed by atoms with Gasteiger partial charge >= 0.3 is 0 Å². The topological polar surface area (TPSA) is 65.9 Å². The van der Waals surface area contributed by atoms with Crippen LogP contribution in [0, 0.1) is 18.3 Å². The molecule has 3 rings (SSSR count). The maximum absolute atomic E-state index is 12.2. The van der Waals surface area contributed by atoms with Crippen molar-refractivity contribution in [3.63, 3.8) is 0 Å². The van der Waals surface area contributed by atoms with Crippen LogP contribution >= 0.6 is 11.8 Å². The number of hydrogen-bond acceptors (Lipinski definition) is 4. The van der Waals surface area contributed by atoms with Gasteiger partial charge in [-0.25, -0.2) is 0 Å². The molecule has 0 fully saturated rings. The molecule has 0 saturated heterocycles. The zero-order valence-electron chi connectivity index (χ0n) is 13.4. The summed E-state index contributed by atoms with van der Waals surface area (Å²) in [6, 6.07) is 15.5. The van der Waals surface area contributed by atoms with Gasteiger partial charge in [-0.05, 0) is 24.1 Å². The molecule has 4 nitrogen and oxygen atoms in total. The van der Waals surface area contributed by atoms with Crippen LogP contribution in [0.5, 0.6) is 5.75 Å². The molecule has 2 aromatic carbocycles. The van der Waals surface area contributed by atoms with E-state index in [0.717, 1.165) is 16.2 Å². The Morgan fingerprint density at radius 2 is 2.00 bits per heavy atom. The van der Waals surface area contributed by atoms with Crippen molar-refractivity contribution in [3.05, 3.63) is 69.5 Å². The minimum absolute atomic E-state index is 0.115. The minimum Gasteiger partial charge on any atom is -0.496 e. The first-order chi connectivity index (χ1) is 11.7. The van der Waals surface area contributed by atoms with Gasteiger partial charge in [-0.2, -0.15) is 5.26 Å². The maximum atomic E-state index is 12.2. The highest BCUT2D eigenvalue weighted by atomic mass is 32.2. The lowest BCUT2D eigenvalue weighted by Crippen LogP contribution is -2.12. The highest BCUT2D eigenvalue weighted by Gasteiger charge is 2.15. The first kappa shape index (κ1) is 16.2. The van der Waals surface area contributed by atoms with E-state index < -0.39 is 0 Å². The van der Waals surface area contributed by atoms with E-state index in [2.05, 4.69) is 24.0 Å². The number of thioether (sulfide) groups is 1. The van der Waals surface area contributed by atoms with E-state index in [4.69, 9.17) is 4.74 Å². The van der Waals surface area contributed by atoms with Gasteiger partial charge in [-0.15, -0.1) is 11.8 Å². The number of benzene rings is 2. The third-order valence-electron chi connectivity index (χ3n) is 3.94. The van der Waals surface area contributed by atoms with Gasteiger partial charge in [-0.3, -0.25) is 4.79 Å². The molecule has 0 amide bonds. The molecule has 0 spiro atoms. The molecule has 1 N–H and O–H groups in total. The summed E-state index contributed by atoms with van der Waals surface area (Å²) in [5.74, 6) is 1.37. The van der Waals surface area contributed by atoms with E-state index in [9.17, 15) is 10.1 Å². The van der Waals surface area contributed by atoms with Crippen LogP contribution in [0.4, 0.5) is 0 Å². The quantitative estimate of drug-likeness (QED) is 0.731. The fourth-order valence-corrected chi connectivity index (χ4v) is 3.78. The summed E-state index contributed by atoms with van der Waals surface area (Å²) >= 11 is 1.54. The van der Waals surface area contributed by atoms with E-state index in [1.54, 1.807) is 19.2 Å². The summed E-state index contributed by atoms with van der Waals surface area (Å²) in [5, 5.41) is 11.4. The number of methoxy groups -OCH3 is 1. The van der Waals surface area contributed by atoms with Crippen LogP contribution in [-0.2, 0) is 5.75 Å². The molecule has 0 unspecified atom stereocenters. The van der Waals surface area contributed by atoms with Crippen LogP contribution in [0.3, 0.4) is 0 Å². The van der Waals surface area contributed by atoms with Crippen LogP contribution < -0.4 is 10.3 Å². The zero-order valence-corrected chi connectivity index (χ0v) is 14.2. The average Bonchev–Trinajstić information content (AvgIpc) is 2.60. The molecule has 0 aliphatic rings. The third-order valence-corrected chi connectivity index (χ3v) is 4.99. The molecule has 0 radical (unpaired) electrons. The number of fused-ring (bicyclic) bond motifs is 1. The second-order valence-corrected chi connectivity index (χ2v) is 6.35. The summed E-state index contributed by atoms with van der Waals surface area (Å²) < 4.78 is 5.44. The predicted molar refractivity (Wildman–Crippen MR) is 96.6 cm³/mol. The van der Waals surface area contributed by atoms with Gasteiger partial charge in [0.1, 0.15) is 17.4 Å². The summed E-state index contributed by atoms with van der Waals surface area (Å²) in [7, 11) is 1.59. The van der Waals surface area contributed by atoms with Crippen LogP contribution in [0.25, 0.3) is 10.8 Å². The van der Waals surface area contributed by atoms with Crippen molar-refractivity contribution in [2.75, 3.05) is 7.11 Å². The minimum atomic E-state index is -0.370. The van der Waals surface area contributed by atoms with Crippen molar-refractivity contribution in [3.8, 4) is 11.8 Å². The Labute approximate surface area is 144 Å². The normalized spacial score (nSPS) is 10.5. The number of nitrogens with one attached hydrogen (secondary N) is 1. The molecule has 0 aliphatic heterocycles. The Kier molecular flexibility index (Phi) is 4.59. The first-order valence-electron chi connectivity index (χ1n) is 7.46. The lowest BCUT2D eigenvalue weighted by atomic mass is 10.1. The molecule has 0 atom stereocenters. The van der Waals surface area contributed by atoms with Gasteiger partial charge in [0, 0.05) is 11.1 Å². The highest BCUT2D eigenvalue weighted by Crippen LogP contribution is 2.35. The van der Waals surface area contributed by atoms with E-state index in [1.807, 2.05) is 24.3 Å². The molecule has 120 valence electrons. The average molecular weight is 336 g/mol. The van der Waals surface area contributed by atoms with Gasteiger partial charge < -0.3 is 9.72 Å². The zero-order chi connectivity index (χ0) is 17.1. The molecule has 24 heavy (non-hydrogen) atoms. The number of aromatic amines is 1. The molecule has 3 aromatic rings. The van der Waals surface area contributed by atoms with Crippen LogP contribution in [0.2, 0.25) is 0 Å². The molecule has 0 saturated carbocycles. The van der Waals surface area contributed by atoms with Crippen molar-refractivity contribution in [1.29, 1.82) is 5.26 Å². The molecule has 0 bridgehead atoms. The third kappa shape index (κ3) is 2.89. The summed E-state index contributed by atoms with van der Waals surface area (Å²) in [6.45, 7) is 2.07. The van der Waals surface area contributed by atoms with Crippen molar-refractivity contribution in [2.24, 2.45) is 0 Å². The molecule has 5 heteroatoms. The number of ether oxygens (including phenoxy) is 1. The Morgan fingerprint density at radius 1 is 1.21 bits per heavy atom. The smallest absolute Gasteiger partial charge is 0.267 e. The Morgan fingerprint density at radius 3 is 2.71 bits per heavy atom. The Balaban J connectivity index is 2.13. The second kappa shape index (κ2) is 6.81. The summed E-state index contributed by atoms with van der Waals surface area (Å²) in [4.78, 5) is 15.1. The number of aromatic nitrogens is 1. The van der Waals surface area contributed by atoms with Gasteiger partial charge in [0.2, 0.25) is 0 Å². The lowest BCUT2D eigenvalue weighted by molar-refractivity contribution is 0.419. The predicted octanol–water partition coefficient (Wildman–Crippen LogP) is 4.01. The van der Waals surface area contributed by atoms with Gasteiger partial charge in [0.25, 0.3) is 5.56 Å². The van der Waals surface area contributed by atoms with Gasteiger partial charge in [-0.1, -0.05) is 36.4 Å². The number of nitriles is 1. The van der Waals surface area contributed by atoms with Crippen LogP contribution in [0.1, 0.15) is 16.7 Å². The van der Waals surface area contributed by atoms with E-state index >= 15 is 0 Å². The fourth-order valence-electron chi connectivity index (χ4n) is 2.64. The van der Waals surface area contributed by atoms with Gasteiger partial charge in [0.15, 0.2) is 0 Å². The lowest BCUT2D eigenvalue weighted by Gasteiger charge is -2.12. The first-order valence-corrected chi connectivity index (χ1v) is 8.44. The number of rotatable bonds is 4. The van der Waals surface area contributed by atoms with Crippen molar-refractivity contribution >= 4 is 22.5 Å². The second-order valence-electron chi connectivity index (χ2n) is 5.37. The summed E-state index contributed by atoms with van der Waals surface area (Å²) in [5.41, 5.74) is 2.16. The number of H-pyrrole nitrogens is 1. The summed E-state index contributed by atoms with van der Waals surface area (Å²) in [6.07, 6.45) is 0. The molecular formula is C19H16N2O2S. The van der Waals surface area contributed by atoms with Crippen molar-refractivity contribution in [2.45, 2.75) is 17.7 Å². The SMILES string of the molecule is COc1cccc2c(C#N)c(=O)[nH]c(SCc3ccccc3C)c12. The van der Waals surface area contributed by atoms with Crippen LogP contribution in [0.15, 0.2) is 52.3 Å². The number of aryl methyl sites for hydroxylation is 1. The van der Waals surface area contributed by atoms with E-state index in [0.29, 0.717) is 11.1 Å². The van der Waals surface area contributed by atoms with Crippen LogP contribution in [-0.4, -0.2) is 12.1 Å². The number of nitrogens with zero attached hydrogens (tertiary/aromatic N) is 1. The van der Waals surface area contributed by atoms with Gasteiger partial charge in [0.05, 0.1) is 17.5 Å². The highest BCUT2D eigenvalue weighted by molar-refractivity contribution is 7.98. The molecule has 0 aliphatic carbocycles. The Bertz CT molecular complexity index is 1000. The number of hydrogen-bond donors (Lipinski definition) is 1. The maximum Gasteiger partial charge on any atom is 0.267 e. The Hall–Kier alpha value is -2.71. The van der Waals surface area contributed by atoms with Crippen molar-refractivity contribution in [1.82, 2.24) is 4.98 Å². The molecule has 1 aromatic heterocycles. The fraction of sp³-hybridized carbons (Fsp3) is 0.158. The van der Waals surface area contributed by atoms with Crippen molar-refractivity contribution < 1.29 is 4.74 Å². The standard InChI is InChI=1S/C19H16N2O2S/c1-12-6-3-4-7-13(12)11-24-19-17-14(8-5-9-16(17)23-2)15(10-20)18(22)21-19/h3-9H,11H2,1-2H3,(H,21,22). The monoisotopic (exact) mass is 336 g/mol. The van der Waals surface area contributed by atoms with E-state index in [-0.39, 0.29) is 11.1 Å². The van der Waals surface area contributed by atoms with E-state index in [1.165, 1.54) is 22.9 Å².